The molecular weight excluding hydrogens is 262 g/mol. The number of hydrogen-bond acceptors (Lipinski definition) is 4. The molecule has 0 fully saturated rings. The van der Waals surface area contributed by atoms with Gasteiger partial charge in [-0.2, -0.15) is 5.26 Å². The number of nitrogens with zero attached hydrogens (tertiary/aromatic N) is 3. The second-order valence-electron chi connectivity index (χ2n) is 5.26. The molecular formula is C16H21N5. The Kier molecular flexibility index (Phi) is 4.49. The van der Waals surface area contributed by atoms with Crippen molar-refractivity contribution in [3.8, 4) is 11.8 Å². The monoisotopic (exact) mass is 283 g/mol. The molecule has 0 spiro atoms. The van der Waals surface area contributed by atoms with E-state index in [1.54, 1.807) is 4.68 Å². The Morgan fingerprint density at radius 3 is 2.52 bits per heavy atom. The number of nitrogen functional groups attached to an aromatic ring is 1. The molecule has 3 N–H and O–H groups in total. The fourth-order valence-electron chi connectivity index (χ4n) is 2.32. The van der Waals surface area contributed by atoms with Gasteiger partial charge in [0.1, 0.15) is 17.5 Å². The summed E-state index contributed by atoms with van der Waals surface area (Å²) in [6.45, 7) is 6.97. The average Bonchev–Trinajstić information content (AvgIpc) is 2.74. The predicted octanol–water partition coefficient (Wildman–Crippen LogP) is 3.16. The molecule has 0 bridgehead atoms. The minimum atomic E-state index is 0.376. The third kappa shape index (κ3) is 3.16. The van der Waals surface area contributed by atoms with Crippen LogP contribution in [-0.2, 0) is 0 Å². The summed E-state index contributed by atoms with van der Waals surface area (Å²) >= 11 is 0. The quantitative estimate of drug-likeness (QED) is 0.826. The molecule has 0 radical (unpaired) electrons. The van der Waals surface area contributed by atoms with Crippen LogP contribution < -0.4 is 11.1 Å². The van der Waals surface area contributed by atoms with Crippen LogP contribution in [0.2, 0.25) is 0 Å². The van der Waals surface area contributed by atoms with E-state index in [0.717, 1.165) is 36.2 Å². The molecule has 0 aliphatic heterocycles. The highest BCUT2D eigenvalue weighted by Crippen LogP contribution is 2.25. The minimum absolute atomic E-state index is 0.376. The molecule has 5 nitrogen and oxygen atoms in total. The van der Waals surface area contributed by atoms with Gasteiger partial charge in [-0.25, -0.2) is 4.68 Å². The maximum Gasteiger partial charge on any atom is 0.168 e. The van der Waals surface area contributed by atoms with Crippen molar-refractivity contribution in [3.05, 3.63) is 34.9 Å². The van der Waals surface area contributed by atoms with Gasteiger partial charge in [0, 0.05) is 6.54 Å². The molecule has 2 aromatic rings. The van der Waals surface area contributed by atoms with Crippen molar-refractivity contribution in [3.63, 3.8) is 0 Å². The van der Waals surface area contributed by atoms with Crippen molar-refractivity contribution in [2.45, 2.75) is 33.6 Å². The fourth-order valence-corrected chi connectivity index (χ4v) is 2.32. The second kappa shape index (κ2) is 6.31. The van der Waals surface area contributed by atoms with E-state index in [9.17, 15) is 5.26 Å². The fraction of sp³-hybridized carbons (Fsp3) is 0.375. The van der Waals surface area contributed by atoms with Gasteiger partial charge >= 0.3 is 0 Å². The normalized spacial score (nSPS) is 10.4. The lowest BCUT2D eigenvalue weighted by atomic mass is 10.1. The van der Waals surface area contributed by atoms with Gasteiger partial charge in [0.2, 0.25) is 0 Å². The van der Waals surface area contributed by atoms with Gasteiger partial charge in [-0.05, 0) is 43.5 Å². The van der Waals surface area contributed by atoms with Crippen LogP contribution in [-0.4, -0.2) is 16.3 Å². The lowest BCUT2D eigenvalue weighted by Gasteiger charge is -2.06. The molecule has 110 valence electrons. The number of nitriles is 1. The van der Waals surface area contributed by atoms with Crippen LogP contribution in [0.4, 0.5) is 11.6 Å². The molecule has 1 heterocycles. The predicted molar refractivity (Wildman–Crippen MR) is 85.6 cm³/mol. The van der Waals surface area contributed by atoms with Crippen LogP contribution in [0, 0.1) is 25.2 Å². The van der Waals surface area contributed by atoms with Crippen LogP contribution in [0.5, 0.6) is 0 Å². The van der Waals surface area contributed by atoms with Crippen LogP contribution in [0.15, 0.2) is 18.2 Å². The number of aromatic nitrogens is 2. The molecule has 0 amide bonds. The number of benzene rings is 1. The van der Waals surface area contributed by atoms with Crippen molar-refractivity contribution in [2.24, 2.45) is 0 Å². The number of hydrogen-bond donors (Lipinski definition) is 2. The van der Waals surface area contributed by atoms with Crippen molar-refractivity contribution in [1.82, 2.24) is 9.78 Å². The Morgan fingerprint density at radius 1 is 1.29 bits per heavy atom. The number of anilines is 2. The summed E-state index contributed by atoms with van der Waals surface area (Å²) in [5.41, 5.74) is 9.65. The lowest BCUT2D eigenvalue weighted by Crippen LogP contribution is -2.04. The number of nitrogens with two attached hydrogens (primary N) is 1. The van der Waals surface area contributed by atoms with Crippen molar-refractivity contribution >= 4 is 11.6 Å². The molecule has 21 heavy (non-hydrogen) atoms. The first-order chi connectivity index (χ1) is 10.1. The highest BCUT2D eigenvalue weighted by molar-refractivity contribution is 5.66. The summed E-state index contributed by atoms with van der Waals surface area (Å²) in [7, 11) is 0. The van der Waals surface area contributed by atoms with Crippen molar-refractivity contribution < 1.29 is 0 Å². The van der Waals surface area contributed by atoms with Crippen LogP contribution in [0.1, 0.15) is 36.5 Å². The first kappa shape index (κ1) is 14.9. The average molecular weight is 283 g/mol. The third-order valence-electron chi connectivity index (χ3n) is 3.31. The Bertz CT molecular complexity index is 658. The summed E-state index contributed by atoms with van der Waals surface area (Å²) in [5.74, 6) is 0.934. The van der Waals surface area contributed by atoms with E-state index in [0.29, 0.717) is 17.2 Å². The summed E-state index contributed by atoms with van der Waals surface area (Å²) in [6, 6.07) is 8.25. The van der Waals surface area contributed by atoms with Crippen molar-refractivity contribution in [2.75, 3.05) is 17.6 Å². The van der Waals surface area contributed by atoms with E-state index in [1.165, 1.54) is 0 Å². The van der Waals surface area contributed by atoms with Gasteiger partial charge in [-0.15, -0.1) is 5.10 Å². The number of unbranched alkanes of at least 4 members (excludes halogenated alkanes) is 1. The van der Waals surface area contributed by atoms with Gasteiger partial charge in [0.15, 0.2) is 5.82 Å². The first-order valence-electron chi connectivity index (χ1n) is 7.18. The standard InChI is InChI=1S/C16H21N5/c1-4-5-6-19-16-14(10-17)15(18)21(20-16)13-8-11(2)7-12(3)9-13/h7-9H,4-6,18H2,1-3H3,(H,19,20). The van der Waals surface area contributed by atoms with E-state index in [-0.39, 0.29) is 0 Å². The Labute approximate surface area is 125 Å². The highest BCUT2D eigenvalue weighted by atomic mass is 15.3. The third-order valence-corrected chi connectivity index (χ3v) is 3.31. The molecule has 2 rings (SSSR count). The van der Waals surface area contributed by atoms with E-state index >= 15 is 0 Å². The molecule has 0 unspecified atom stereocenters. The lowest BCUT2D eigenvalue weighted by molar-refractivity contribution is 0.822. The second-order valence-corrected chi connectivity index (χ2v) is 5.26. The molecule has 0 aliphatic rings. The molecule has 0 aliphatic carbocycles. The number of aryl methyl sites for hydroxylation is 2. The highest BCUT2D eigenvalue weighted by Gasteiger charge is 2.16. The SMILES string of the molecule is CCCCNc1nn(-c2cc(C)cc(C)c2)c(N)c1C#N. The molecule has 0 saturated heterocycles. The summed E-state index contributed by atoms with van der Waals surface area (Å²) in [4.78, 5) is 0. The Morgan fingerprint density at radius 2 is 1.95 bits per heavy atom. The zero-order chi connectivity index (χ0) is 15.4. The first-order valence-corrected chi connectivity index (χ1v) is 7.18. The Balaban J connectivity index is 2.42. The smallest absolute Gasteiger partial charge is 0.168 e. The molecule has 0 atom stereocenters. The van der Waals surface area contributed by atoms with Gasteiger partial charge in [-0.1, -0.05) is 19.4 Å². The van der Waals surface area contributed by atoms with E-state index < -0.39 is 0 Å². The molecule has 5 heteroatoms. The minimum Gasteiger partial charge on any atom is -0.382 e. The van der Waals surface area contributed by atoms with Crippen molar-refractivity contribution in [1.29, 1.82) is 5.26 Å². The largest absolute Gasteiger partial charge is 0.382 e. The molecule has 0 saturated carbocycles. The number of rotatable bonds is 5. The zero-order valence-corrected chi connectivity index (χ0v) is 12.8. The number of nitrogens with one attached hydrogen (secondary N) is 1. The summed E-state index contributed by atoms with van der Waals surface area (Å²) in [6.07, 6.45) is 2.11. The van der Waals surface area contributed by atoms with Gasteiger partial charge in [-0.3, -0.25) is 0 Å². The summed E-state index contributed by atoms with van der Waals surface area (Å²) < 4.78 is 1.63. The summed E-state index contributed by atoms with van der Waals surface area (Å²) in [5, 5.41) is 17.0. The van der Waals surface area contributed by atoms with Crippen LogP contribution >= 0.6 is 0 Å². The maximum absolute atomic E-state index is 9.30. The maximum atomic E-state index is 9.30. The van der Waals surface area contributed by atoms with Crippen LogP contribution in [0.3, 0.4) is 0 Å². The van der Waals surface area contributed by atoms with E-state index in [2.05, 4.69) is 29.5 Å². The van der Waals surface area contributed by atoms with E-state index in [1.807, 2.05) is 26.0 Å². The van der Waals surface area contributed by atoms with Gasteiger partial charge in [0.25, 0.3) is 0 Å². The van der Waals surface area contributed by atoms with Crippen LogP contribution in [0.25, 0.3) is 5.69 Å². The molecule has 1 aromatic carbocycles. The van der Waals surface area contributed by atoms with Gasteiger partial charge < -0.3 is 11.1 Å². The topological polar surface area (TPSA) is 79.7 Å². The van der Waals surface area contributed by atoms with E-state index in [4.69, 9.17) is 5.73 Å². The molecule has 1 aromatic heterocycles. The zero-order valence-electron chi connectivity index (χ0n) is 12.8. The Hall–Kier alpha value is -2.48. The van der Waals surface area contributed by atoms with Gasteiger partial charge in [0.05, 0.1) is 5.69 Å².